The van der Waals surface area contributed by atoms with E-state index in [9.17, 15) is 0 Å². The Morgan fingerprint density at radius 2 is 1.81 bits per heavy atom. The molecule has 1 heterocycles. The molecule has 1 nitrogen and oxygen atoms in total. The number of rotatable bonds is 4. The van der Waals surface area contributed by atoms with Crippen molar-refractivity contribution in [3.8, 4) is 0 Å². The molecular weight excluding hydrogens is 298 g/mol. The van der Waals surface area contributed by atoms with Gasteiger partial charge in [-0.05, 0) is 68.9 Å². The molecule has 110 valence electrons. The van der Waals surface area contributed by atoms with Gasteiger partial charge in [0.05, 0.1) is 0 Å². The van der Waals surface area contributed by atoms with Crippen LogP contribution in [0.15, 0.2) is 52.3 Å². The number of benzene rings is 2. The van der Waals surface area contributed by atoms with Crippen molar-refractivity contribution in [1.82, 2.24) is 4.90 Å². The maximum absolute atomic E-state index is 6.24. The number of halogens is 1. The van der Waals surface area contributed by atoms with Crippen molar-refractivity contribution < 1.29 is 0 Å². The second-order valence-electron chi connectivity index (χ2n) is 5.82. The van der Waals surface area contributed by atoms with Gasteiger partial charge in [0.2, 0.25) is 0 Å². The first-order valence-corrected chi connectivity index (χ1v) is 8.55. The molecule has 0 bridgehead atoms. The molecule has 0 fully saturated rings. The molecule has 1 unspecified atom stereocenters. The van der Waals surface area contributed by atoms with Crippen molar-refractivity contribution in [2.75, 3.05) is 20.6 Å². The average Bonchev–Trinajstić information content (AvgIpc) is 2.46. The molecule has 2 aromatic rings. The summed E-state index contributed by atoms with van der Waals surface area (Å²) in [4.78, 5) is 5.00. The van der Waals surface area contributed by atoms with Crippen molar-refractivity contribution in [3.63, 3.8) is 0 Å². The Hall–Kier alpha value is -0.960. The van der Waals surface area contributed by atoms with Gasteiger partial charge in [0.25, 0.3) is 0 Å². The van der Waals surface area contributed by atoms with E-state index in [1.54, 1.807) is 0 Å². The quantitative estimate of drug-likeness (QED) is 0.755. The average molecular weight is 318 g/mol. The maximum atomic E-state index is 6.24. The van der Waals surface area contributed by atoms with Crippen LogP contribution in [0.1, 0.15) is 29.9 Å². The van der Waals surface area contributed by atoms with E-state index >= 15 is 0 Å². The largest absolute Gasteiger partial charge is 0.309 e. The lowest BCUT2D eigenvalue weighted by molar-refractivity contribution is 0.389. The van der Waals surface area contributed by atoms with E-state index in [0.717, 1.165) is 11.6 Å². The lowest BCUT2D eigenvalue weighted by Gasteiger charge is -2.28. The molecule has 3 rings (SSSR count). The highest BCUT2D eigenvalue weighted by molar-refractivity contribution is 7.99. The molecule has 0 N–H and O–H groups in total. The summed E-state index contributed by atoms with van der Waals surface area (Å²) in [5.74, 6) is 0.469. The summed E-state index contributed by atoms with van der Waals surface area (Å²) >= 11 is 8.10. The SMILES string of the molecule is CN(C)CCCC1c2ccccc2Sc2ccc(Cl)cc21. The van der Waals surface area contributed by atoms with Crippen molar-refractivity contribution in [1.29, 1.82) is 0 Å². The van der Waals surface area contributed by atoms with E-state index in [2.05, 4.69) is 55.4 Å². The third kappa shape index (κ3) is 3.28. The fourth-order valence-corrected chi connectivity index (χ4v) is 4.30. The Labute approximate surface area is 136 Å². The molecule has 1 aliphatic rings. The summed E-state index contributed by atoms with van der Waals surface area (Å²) in [5.41, 5.74) is 2.85. The Bertz CT molecular complexity index is 639. The molecule has 3 heteroatoms. The predicted octanol–water partition coefficient (Wildman–Crippen LogP) is 5.28. The Kier molecular flexibility index (Phi) is 4.58. The molecule has 2 aromatic carbocycles. The first-order valence-electron chi connectivity index (χ1n) is 7.36. The van der Waals surface area contributed by atoms with Crippen LogP contribution < -0.4 is 0 Å². The normalized spacial score (nSPS) is 16.7. The highest BCUT2D eigenvalue weighted by Crippen LogP contribution is 2.47. The molecule has 0 saturated heterocycles. The van der Waals surface area contributed by atoms with Gasteiger partial charge in [0.15, 0.2) is 0 Å². The van der Waals surface area contributed by atoms with Crippen LogP contribution in [0.2, 0.25) is 5.02 Å². The molecule has 0 amide bonds. The van der Waals surface area contributed by atoms with Crippen LogP contribution in [0.25, 0.3) is 0 Å². The predicted molar refractivity (Wildman–Crippen MR) is 91.6 cm³/mol. The minimum atomic E-state index is 0.469. The van der Waals surface area contributed by atoms with E-state index in [-0.39, 0.29) is 0 Å². The first-order chi connectivity index (χ1) is 10.1. The van der Waals surface area contributed by atoms with Gasteiger partial charge in [0, 0.05) is 20.7 Å². The van der Waals surface area contributed by atoms with E-state index in [0.29, 0.717) is 5.92 Å². The number of hydrogen-bond donors (Lipinski definition) is 0. The van der Waals surface area contributed by atoms with E-state index in [1.807, 2.05) is 17.8 Å². The van der Waals surface area contributed by atoms with Crippen LogP contribution >= 0.6 is 23.4 Å². The fraction of sp³-hybridized carbons (Fsp3) is 0.333. The molecule has 0 spiro atoms. The van der Waals surface area contributed by atoms with Crippen molar-refractivity contribution in [2.45, 2.75) is 28.6 Å². The van der Waals surface area contributed by atoms with Crippen LogP contribution in [0, 0.1) is 0 Å². The van der Waals surface area contributed by atoms with Gasteiger partial charge < -0.3 is 4.90 Å². The van der Waals surface area contributed by atoms with Crippen LogP contribution in [-0.2, 0) is 0 Å². The molecule has 0 saturated carbocycles. The summed E-state index contributed by atoms with van der Waals surface area (Å²) in [6.07, 6.45) is 2.37. The van der Waals surface area contributed by atoms with Gasteiger partial charge in [0.1, 0.15) is 0 Å². The second kappa shape index (κ2) is 6.43. The van der Waals surface area contributed by atoms with E-state index < -0.39 is 0 Å². The molecule has 21 heavy (non-hydrogen) atoms. The topological polar surface area (TPSA) is 3.24 Å². The van der Waals surface area contributed by atoms with Gasteiger partial charge in [-0.15, -0.1) is 0 Å². The first kappa shape index (κ1) is 15.0. The highest BCUT2D eigenvalue weighted by Gasteiger charge is 2.25. The zero-order valence-electron chi connectivity index (χ0n) is 12.5. The summed E-state index contributed by atoms with van der Waals surface area (Å²) in [5, 5.41) is 0.839. The van der Waals surface area contributed by atoms with Crippen molar-refractivity contribution >= 4 is 23.4 Å². The van der Waals surface area contributed by atoms with Crippen LogP contribution in [0.3, 0.4) is 0 Å². The summed E-state index contributed by atoms with van der Waals surface area (Å²) < 4.78 is 0. The number of hydrogen-bond acceptors (Lipinski definition) is 2. The number of nitrogens with zero attached hydrogens (tertiary/aromatic N) is 1. The number of fused-ring (bicyclic) bond motifs is 2. The standard InChI is InChI=1S/C18H20ClNS/c1-20(2)11-5-7-14-15-6-3-4-8-17(15)21-18-10-9-13(19)12-16(14)18/h3-4,6,8-10,12,14H,5,7,11H2,1-2H3. The van der Waals surface area contributed by atoms with Gasteiger partial charge in [-0.3, -0.25) is 0 Å². The van der Waals surface area contributed by atoms with Crippen molar-refractivity contribution in [3.05, 3.63) is 58.6 Å². The minimum absolute atomic E-state index is 0.469. The van der Waals surface area contributed by atoms with Gasteiger partial charge in [-0.2, -0.15) is 0 Å². The van der Waals surface area contributed by atoms with Crippen LogP contribution in [-0.4, -0.2) is 25.5 Å². The lowest BCUT2D eigenvalue weighted by atomic mass is 9.87. The highest BCUT2D eigenvalue weighted by atomic mass is 35.5. The summed E-state index contributed by atoms with van der Waals surface area (Å²) in [6.45, 7) is 1.13. The molecule has 0 radical (unpaired) electrons. The van der Waals surface area contributed by atoms with Gasteiger partial charge in [-0.1, -0.05) is 41.6 Å². The molecule has 0 aromatic heterocycles. The minimum Gasteiger partial charge on any atom is -0.309 e. The third-order valence-corrected chi connectivity index (χ3v) is 5.38. The van der Waals surface area contributed by atoms with Gasteiger partial charge >= 0.3 is 0 Å². The lowest BCUT2D eigenvalue weighted by Crippen LogP contribution is -2.15. The third-order valence-electron chi connectivity index (χ3n) is 3.96. The Morgan fingerprint density at radius 3 is 2.62 bits per heavy atom. The molecule has 0 aliphatic carbocycles. The fourth-order valence-electron chi connectivity index (χ4n) is 2.95. The molecule has 1 aliphatic heterocycles. The van der Waals surface area contributed by atoms with E-state index in [4.69, 9.17) is 11.6 Å². The zero-order valence-corrected chi connectivity index (χ0v) is 14.0. The zero-order chi connectivity index (χ0) is 14.8. The maximum Gasteiger partial charge on any atom is 0.0409 e. The summed E-state index contributed by atoms with van der Waals surface area (Å²) in [7, 11) is 4.27. The van der Waals surface area contributed by atoms with Crippen LogP contribution in [0.4, 0.5) is 0 Å². The van der Waals surface area contributed by atoms with Gasteiger partial charge in [-0.25, -0.2) is 0 Å². The molecule has 1 atom stereocenters. The Morgan fingerprint density at radius 1 is 1.05 bits per heavy atom. The summed E-state index contributed by atoms with van der Waals surface area (Å²) in [6, 6.07) is 15.1. The Balaban J connectivity index is 1.94. The smallest absolute Gasteiger partial charge is 0.0409 e. The second-order valence-corrected chi connectivity index (χ2v) is 7.34. The molecular formula is C18H20ClNS. The monoisotopic (exact) mass is 317 g/mol. The van der Waals surface area contributed by atoms with E-state index in [1.165, 1.54) is 33.8 Å². The van der Waals surface area contributed by atoms with Crippen molar-refractivity contribution in [2.24, 2.45) is 0 Å². The van der Waals surface area contributed by atoms with Crippen LogP contribution in [0.5, 0.6) is 0 Å².